The molecule has 0 bridgehead atoms. The van der Waals surface area contributed by atoms with Crippen molar-refractivity contribution in [2.75, 3.05) is 5.88 Å². The van der Waals surface area contributed by atoms with Gasteiger partial charge in [0, 0.05) is 11.4 Å². The van der Waals surface area contributed by atoms with Crippen LogP contribution in [0.3, 0.4) is 0 Å². The number of benzene rings is 1. The maximum absolute atomic E-state index is 9.47. The molecule has 0 amide bonds. The molecular weight excluding hydrogens is 172 g/mol. The number of aromatic hydroxyl groups is 1. The topological polar surface area (TPSA) is 20.2 Å². The Morgan fingerprint density at radius 1 is 1.58 bits per heavy atom. The average Bonchev–Trinajstić information content (AvgIpc) is 2.03. The first-order chi connectivity index (χ1) is 5.65. The molecule has 12 heavy (non-hydrogen) atoms. The number of aryl methyl sites for hydroxylation is 1. The van der Waals surface area contributed by atoms with Crippen LogP contribution in [0.5, 0.6) is 5.75 Å². The average molecular weight is 183 g/mol. The first-order valence-corrected chi connectivity index (χ1v) is 4.22. The summed E-state index contributed by atoms with van der Waals surface area (Å²) in [4.78, 5) is 0. The molecule has 1 nitrogen and oxygen atoms in total. The largest absolute Gasteiger partial charge is 0.507 e. The summed E-state index contributed by atoms with van der Waals surface area (Å²) in [5.74, 6) is 0.594. The van der Waals surface area contributed by atoms with E-state index in [1.54, 1.807) is 6.07 Å². The highest BCUT2D eigenvalue weighted by Crippen LogP contribution is 2.25. The SMILES string of the molecule is C=C(CCl)c1ccc(C)cc1O. The molecule has 0 saturated heterocycles. The highest BCUT2D eigenvalue weighted by molar-refractivity contribution is 6.23. The quantitative estimate of drug-likeness (QED) is 0.698. The van der Waals surface area contributed by atoms with Crippen LogP contribution in [0.1, 0.15) is 11.1 Å². The molecule has 1 aromatic rings. The molecule has 0 aliphatic rings. The van der Waals surface area contributed by atoms with E-state index < -0.39 is 0 Å². The summed E-state index contributed by atoms with van der Waals surface area (Å²) in [6, 6.07) is 5.45. The number of phenols is 1. The summed E-state index contributed by atoms with van der Waals surface area (Å²) in [6.45, 7) is 5.67. The van der Waals surface area contributed by atoms with Crippen LogP contribution in [0.2, 0.25) is 0 Å². The number of allylic oxidation sites excluding steroid dienone is 1. The van der Waals surface area contributed by atoms with E-state index in [9.17, 15) is 5.11 Å². The normalized spacial score (nSPS) is 9.83. The lowest BCUT2D eigenvalue weighted by atomic mass is 10.1. The van der Waals surface area contributed by atoms with Crippen LogP contribution < -0.4 is 0 Å². The Hall–Kier alpha value is -0.950. The van der Waals surface area contributed by atoms with Crippen molar-refractivity contribution in [1.29, 1.82) is 0 Å². The minimum atomic E-state index is 0.251. The van der Waals surface area contributed by atoms with Crippen LogP contribution in [0, 0.1) is 6.92 Å². The van der Waals surface area contributed by atoms with Crippen LogP contribution in [-0.4, -0.2) is 11.0 Å². The van der Waals surface area contributed by atoms with Crippen LogP contribution in [0.15, 0.2) is 24.8 Å². The lowest BCUT2D eigenvalue weighted by molar-refractivity contribution is 0.473. The number of halogens is 1. The highest BCUT2D eigenvalue weighted by atomic mass is 35.5. The smallest absolute Gasteiger partial charge is 0.123 e. The molecule has 1 rings (SSSR count). The third-order valence-corrected chi connectivity index (χ3v) is 2.02. The van der Waals surface area contributed by atoms with Gasteiger partial charge in [0.1, 0.15) is 5.75 Å². The third kappa shape index (κ3) is 1.80. The van der Waals surface area contributed by atoms with E-state index in [0.29, 0.717) is 5.88 Å². The fourth-order valence-corrected chi connectivity index (χ4v) is 1.16. The van der Waals surface area contributed by atoms with Gasteiger partial charge in [-0.2, -0.15) is 0 Å². The van der Waals surface area contributed by atoms with E-state index in [0.717, 1.165) is 16.7 Å². The monoisotopic (exact) mass is 182 g/mol. The van der Waals surface area contributed by atoms with Crippen molar-refractivity contribution in [3.63, 3.8) is 0 Å². The first kappa shape index (κ1) is 9.14. The number of hydrogen-bond acceptors (Lipinski definition) is 1. The molecular formula is C10H11ClO. The molecule has 64 valence electrons. The molecule has 0 unspecified atom stereocenters. The molecule has 0 aliphatic heterocycles. The molecule has 0 aromatic heterocycles. The molecule has 0 fully saturated rings. The zero-order chi connectivity index (χ0) is 9.14. The molecule has 0 spiro atoms. The Morgan fingerprint density at radius 2 is 2.25 bits per heavy atom. The van der Waals surface area contributed by atoms with Gasteiger partial charge in [0.05, 0.1) is 0 Å². The summed E-state index contributed by atoms with van der Waals surface area (Å²) >= 11 is 5.59. The maximum atomic E-state index is 9.47. The van der Waals surface area contributed by atoms with E-state index >= 15 is 0 Å². The van der Waals surface area contributed by atoms with Crippen molar-refractivity contribution in [2.24, 2.45) is 0 Å². The molecule has 0 heterocycles. The second-order valence-corrected chi connectivity index (χ2v) is 3.03. The predicted molar refractivity (Wildman–Crippen MR) is 52.6 cm³/mol. The van der Waals surface area contributed by atoms with Gasteiger partial charge in [0.15, 0.2) is 0 Å². The molecule has 0 saturated carbocycles. The highest BCUT2D eigenvalue weighted by Gasteiger charge is 2.03. The summed E-state index contributed by atoms with van der Waals surface area (Å²) in [5, 5.41) is 9.47. The standard InChI is InChI=1S/C10H11ClO/c1-7-3-4-9(8(2)6-11)10(12)5-7/h3-5,12H,2,6H2,1H3. The Kier molecular flexibility index (Phi) is 2.77. The maximum Gasteiger partial charge on any atom is 0.123 e. The minimum Gasteiger partial charge on any atom is -0.507 e. The van der Waals surface area contributed by atoms with E-state index in [1.165, 1.54) is 0 Å². The number of phenolic OH excluding ortho intramolecular Hbond substituents is 1. The number of rotatable bonds is 2. The Morgan fingerprint density at radius 3 is 2.75 bits per heavy atom. The van der Waals surface area contributed by atoms with Gasteiger partial charge in [0.25, 0.3) is 0 Å². The van der Waals surface area contributed by atoms with Crippen molar-refractivity contribution in [3.05, 3.63) is 35.9 Å². The summed E-state index contributed by atoms with van der Waals surface area (Å²) in [7, 11) is 0. The molecule has 0 aliphatic carbocycles. The predicted octanol–water partition coefficient (Wildman–Crippen LogP) is 2.95. The fraction of sp³-hybridized carbons (Fsp3) is 0.200. The third-order valence-electron chi connectivity index (χ3n) is 1.70. The zero-order valence-electron chi connectivity index (χ0n) is 6.97. The van der Waals surface area contributed by atoms with Crippen LogP contribution in [0.25, 0.3) is 5.57 Å². The number of hydrogen-bond donors (Lipinski definition) is 1. The van der Waals surface area contributed by atoms with Crippen molar-refractivity contribution in [2.45, 2.75) is 6.92 Å². The lowest BCUT2D eigenvalue weighted by Gasteiger charge is -2.05. The lowest BCUT2D eigenvalue weighted by Crippen LogP contribution is -1.85. The van der Waals surface area contributed by atoms with Gasteiger partial charge < -0.3 is 5.11 Å². The molecule has 2 heteroatoms. The van der Waals surface area contributed by atoms with Crippen LogP contribution >= 0.6 is 11.6 Å². The Balaban J connectivity index is 3.09. The summed E-state index contributed by atoms with van der Waals surface area (Å²) in [5.41, 5.74) is 2.50. The van der Waals surface area contributed by atoms with Crippen LogP contribution in [0.4, 0.5) is 0 Å². The zero-order valence-corrected chi connectivity index (χ0v) is 7.73. The summed E-state index contributed by atoms with van der Waals surface area (Å²) < 4.78 is 0. The molecule has 1 aromatic carbocycles. The van der Waals surface area contributed by atoms with Gasteiger partial charge in [-0.25, -0.2) is 0 Å². The van der Waals surface area contributed by atoms with Gasteiger partial charge in [-0.3, -0.25) is 0 Å². The second-order valence-electron chi connectivity index (χ2n) is 2.76. The Labute approximate surface area is 77.3 Å². The van der Waals surface area contributed by atoms with Crippen molar-refractivity contribution in [1.82, 2.24) is 0 Å². The van der Waals surface area contributed by atoms with Gasteiger partial charge in [-0.05, 0) is 24.1 Å². The number of alkyl halides is 1. The van der Waals surface area contributed by atoms with Gasteiger partial charge in [-0.1, -0.05) is 18.7 Å². The fourth-order valence-electron chi connectivity index (χ4n) is 1.01. The van der Waals surface area contributed by atoms with Crippen molar-refractivity contribution in [3.8, 4) is 5.75 Å². The van der Waals surface area contributed by atoms with E-state index in [-0.39, 0.29) is 5.75 Å². The van der Waals surface area contributed by atoms with E-state index in [2.05, 4.69) is 6.58 Å². The molecule has 1 N–H and O–H groups in total. The minimum absolute atomic E-state index is 0.251. The van der Waals surface area contributed by atoms with Crippen molar-refractivity contribution >= 4 is 17.2 Å². The van der Waals surface area contributed by atoms with Crippen molar-refractivity contribution < 1.29 is 5.11 Å². The van der Waals surface area contributed by atoms with Gasteiger partial charge in [-0.15, -0.1) is 11.6 Å². The molecule has 0 radical (unpaired) electrons. The van der Waals surface area contributed by atoms with E-state index in [4.69, 9.17) is 11.6 Å². The van der Waals surface area contributed by atoms with Gasteiger partial charge in [0.2, 0.25) is 0 Å². The van der Waals surface area contributed by atoms with Gasteiger partial charge >= 0.3 is 0 Å². The van der Waals surface area contributed by atoms with Crippen LogP contribution in [-0.2, 0) is 0 Å². The first-order valence-electron chi connectivity index (χ1n) is 3.69. The molecule has 0 atom stereocenters. The Bertz CT molecular complexity index is 305. The second kappa shape index (κ2) is 3.63. The summed E-state index contributed by atoms with van der Waals surface area (Å²) in [6.07, 6.45) is 0. The van der Waals surface area contributed by atoms with E-state index in [1.807, 2.05) is 19.1 Å².